The van der Waals surface area contributed by atoms with Gasteiger partial charge < -0.3 is 28.1 Å². The van der Waals surface area contributed by atoms with E-state index in [1.54, 1.807) is 24.3 Å². The molecular weight excluding hydrogens is 464 g/mol. The first-order chi connectivity index (χ1) is 17.4. The number of benzene rings is 3. The number of hydrogen-bond donors (Lipinski definition) is 0. The Balaban J connectivity index is 1.51. The second-order valence-corrected chi connectivity index (χ2v) is 7.72. The number of fused-ring (bicyclic) bond motifs is 1. The maximum absolute atomic E-state index is 12.8. The van der Waals surface area contributed by atoms with E-state index in [0.717, 1.165) is 5.56 Å². The van der Waals surface area contributed by atoms with Crippen molar-refractivity contribution < 1.29 is 32.9 Å². The molecule has 0 fully saturated rings. The standard InChI is InChI=1S/C28H24O8/c1-17-6-5-7-19(12-17)35-25-16-34-22-15-20(9-10-21(22)27(25)30)36-26(29)11-8-18-13-23(31-2)28(33-4)24(14-18)32-3/h5-16H,1-4H3. The van der Waals surface area contributed by atoms with Gasteiger partial charge in [0.25, 0.3) is 0 Å². The molecule has 0 aliphatic carbocycles. The van der Waals surface area contributed by atoms with Crippen LogP contribution in [-0.4, -0.2) is 27.3 Å². The summed E-state index contributed by atoms with van der Waals surface area (Å²) >= 11 is 0. The molecular formula is C28H24O8. The van der Waals surface area contributed by atoms with Crippen molar-refractivity contribution >= 4 is 23.0 Å². The van der Waals surface area contributed by atoms with Crippen molar-refractivity contribution in [2.75, 3.05) is 21.3 Å². The van der Waals surface area contributed by atoms with Gasteiger partial charge in [0, 0.05) is 12.1 Å². The number of rotatable bonds is 8. The van der Waals surface area contributed by atoms with Crippen LogP contribution in [0.15, 0.2) is 76.1 Å². The van der Waals surface area contributed by atoms with Crippen molar-refractivity contribution in [1.82, 2.24) is 0 Å². The molecule has 4 aromatic rings. The van der Waals surface area contributed by atoms with Gasteiger partial charge in [0.2, 0.25) is 16.9 Å². The second-order valence-electron chi connectivity index (χ2n) is 7.72. The van der Waals surface area contributed by atoms with Crippen LogP contribution in [0.3, 0.4) is 0 Å². The topological polar surface area (TPSA) is 93.4 Å². The van der Waals surface area contributed by atoms with Crippen molar-refractivity contribution in [3.8, 4) is 34.5 Å². The van der Waals surface area contributed by atoms with E-state index in [0.29, 0.717) is 33.9 Å². The Morgan fingerprint density at radius 2 is 1.61 bits per heavy atom. The summed E-state index contributed by atoms with van der Waals surface area (Å²) < 4.78 is 32.6. The zero-order valence-electron chi connectivity index (χ0n) is 20.2. The fraction of sp³-hybridized carbons (Fsp3) is 0.143. The van der Waals surface area contributed by atoms with Crippen molar-refractivity contribution in [2.45, 2.75) is 6.92 Å². The highest BCUT2D eigenvalue weighted by molar-refractivity contribution is 5.89. The van der Waals surface area contributed by atoms with Crippen LogP contribution < -0.4 is 29.1 Å². The fourth-order valence-electron chi connectivity index (χ4n) is 3.54. The van der Waals surface area contributed by atoms with Gasteiger partial charge in [-0.15, -0.1) is 0 Å². The monoisotopic (exact) mass is 488 g/mol. The van der Waals surface area contributed by atoms with E-state index < -0.39 is 5.97 Å². The molecule has 0 bridgehead atoms. The lowest BCUT2D eigenvalue weighted by molar-refractivity contribution is -0.128. The number of methoxy groups -OCH3 is 3. The van der Waals surface area contributed by atoms with Crippen molar-refractivity contribution in [1.29, 1.82) is 0 Å². The largest absolute Gasteiger partial charge is 0.493 e. The molecule has 36 heavy (non-hydrogen) atoms. The molecule has 0 saturated heterocycles. The normalized spacial score (nSPS) is 10.9. The molecule has 8 heteroatoms. The second kappa shape index (κ2) is 10.7. The van der Waals surface area contributed by atoms with Crippen LogP contribution in [0.1, 0.15) is 11.1 Å². The Kier molecular flexibility index (Phi) is 7.25. The van der Waals surface area contributed by atoms with E-state index in [9.17, 15) is 9.59 Å². The Morgan fingerprint density at radius 1 is 0.861 bits per heavy atom. The molecule has 0 amide bonds. The molecule has 3 aromatic carbocycles. The molecule has 0 unspecified atom stereocenters. The van der Waals surface area contributed by atoms with E-state index in [1.807, 2.05) is 25.1 Å². The van der Waals surface area contributed by atoms with Gasteiger partial charge in [-0.2, -0.15) is 0 Å². The minimum Gasteiger partial charge on any atom is -0.493 e. The Hall–Kier alpha value is -4.72. The molecule has 0 saturated carbocycles. The molecule has 8 nitrogen and oxygen atoms in total. The molecule has 0 radical (unpaired) electrons. The molecule has 184 valence electrons. The zero-order chi connectivity index (χ0) is 25.7. The van der Waals surface area contributed by atoms with Gasteiger partial charge in [0.1, 0.15) is 23.3 Å². The quantitative estimate of drug-likeness (QED) is 0.181. The Bertz CT molecular complexity index is 1470. The van der Waals surface area contributed by atoms with E-state index in [1.165, 1.54) is 51.9 Å². The van der Waals surface area contributed by atoms with Crippen molar-refractivity contribution in [3.63, 3.8) is 0 Å². The first kappa shape index (κ1) is 24.4. The molecule has 1 heterocycles. The van der Waals surface area contributed by atoms with E-state index >= 15 is 0 Å². The van der Waals surface area contributed by atoms with Crippen LogP contribution in [0.25, 0.3) is 17.0 Å². The van der Waals surface area contributed by atoms with Gasteiger partial charge in [-0.3, -0.25) is 4.79 Å². The lowest BCUT2D eigenvalue weighted by Crippen LogP contribution is -2.06. The van der Waals surface area contributed by atoms with E-state index in [2.05, 4.69) is 0 Å². The first-order valence-electron chi connectivity index (χ1n) is 10.9. The molecule has 1 aromatic heterocycles. The predicted molar refractivity (Wildman–Crippen MR) is 135 cm³/mol. The third-order valence-electron chi connectivity index (χ3n) is 5.25. The molecule has 0 atom stereocenters. The summed E-state index contributed by atoms with van der Waals surface area (Å²) in [7, 11) is 4.53. The molecule has 0 spiro atoms. The van der Waals surface area contributed by atoms with Gasteiger partial charge in [0.05, 0.1) is 26.7 Å². The number of ether oxygens (including phenoxy) is 5. The highest BCUT2D eigenvalue weighted by atomic mass is 16.5. The lowest BCUT2D eigenvalue weighted by Gasteiger charge is -2.12. The summed E-state index contributed by atoms with van der Waals surface area (Å²) in [6, 6.07) is 15.2. The average Bonchev–Trinajstić information content (AvgIpc) is 2.88. The first-order valence-corrected chi connectivity index (χ1v) is 10.9. The summed E-state index contributed by atoms with van der Waals surface area (Å²) in [5.41, 5.74) is 1.57. The third kappa shape index (κ3) is 5.33. The number of hydrogen-bond acceptors (Lipinski definition) is 8. The average molecular weight is 488 g/mol. The SMILES string of the molecule is COc1cc(C=CC(=O)Oc2ccc3c(=O)c(Oc4cccc(C)c4)coc3c2)cc(OC)c1OC. The van der Waals surface area contributed by atoms with Crippen LogP contribution in [0.5, 0.6) is 34.5 Å². The third-order valence-corrected chi connectivity index (χ3v) is 5.25. The predicted octanol–water partition coefficient (Wildman–Crippen LogP) is 5.54. The zero-order valence-corrected chi connectivity index (χ0v) is 20.2. The summed E-state index contributed by atoms with van der Waals surface area (Å²) in [5.74, 6) is 1.56. The summed E-state index contributed by atoms with van der Waals surface area (Å²) in [5, 5.41) is 0.299. The van der Waals surface area contributed by atoms with Crippen LogP contribution in [0.2, 0.25) is 0 Å². The number of carbonyl (C=O) groups excluding carboxylic acids is 1. The highest BCUT2D eigenvalue weighted by Gasteiger charge is 2.13. The molecule has 0 N–H and O–H groups in total. The van der Waals surface area contributed by atoms with Crippen LogP contribution in [-0.2, 0) is 4.79 Å². The smallest absolute Gasteiger partial charge is 0.336 e. The van der Waals surface area contributed by atoms with Crippen molar-refractivity contribution in [2.24, 2.45) is 0 Å². The van der Waals surface area contributed by atoms with E-state index in [4.69, 9.17) is 28.1 Å². The molecule has 0 aliphatic rings. The van der Waals surface area contributed by atoms with E-state index in [-0.39, 0.29) is 22.5 Å². The Morgan fingerprint density at radius 3 is 2.28 bits per heavy atom. The van der Waals surface area contributed by atoms with Crippen LogP contribution in [0, 0.1) is 6.92 Å². The highest BCUT2D eigenvalue weighted by Crippen LogP contribution is 2.38. The maximum Gasteiger partial charge on any atom is 0.336 e. The maximum atomic E-state index is 12.8. The van der Waals surface area contributed by atoms with Gasteiger partial charge in [-0.25, -0.2) is 4.79 Å². The van der Waals surface area contributed by atoms with Crippen LogP contribution in [0.4, 0.5) is 0 Å². The molecule has 4 rings (SSSR count). The minimum absolute atomic E-state index is 0.0612. The lowest BCUT2D eigenvalue weighted by atomic mass is 10.1. The number of esters is 1. The van der Waals surface area contributed by atoms with Crippen LogP contribution >= 0.6 is 0 Å². The summed E-state index contributed by atoms with van der Waals surface area (Å²) in [4.78, 5) is 25.2. The van der Waals surface area contributed by atoms with Gasteiger partial charge in [-0.05, 0) is 60.5 Å². The number of aryl methyl sites for hydroxylation is 1. The fourth-order valence-corrected chi connectivity index (χ4v) is 3.54. The summed E-state index contributed by atoms with van der Waals surface area (Å²) in [6.07, 6.45) is 4.06. The Labute approximate surface area is 207 Å². The number of carbonyl (C=O) groups is 1. The van der Waals surface area contributed by atoms with Gasteiger partial charge in [0.15, 0.2) is 11.5 Å². The molecule has 0 aliphatic heterocycles. The van der Waals surface area contributed by atoms with Crippen molar-refractivity contribution in [3.05, 3.63) is 88.3 Å². The minimum atomic E-state index is -0.621. The summed E-state index contributed by atoms with van der Waals surface area (Å²) in [6.45, 7) is 1.93. The van der Waals surface area contributed by atoms with Gasteiger partial charge in [-0.1, -0.05) is 12.1 Å². The van der Waals surface area contributed by atoms with Gasteiger partial charge >= 0.3 is 5.97 Å².